The largest absolute Gasteiger partial charge is 0.328 e. The third-order valence-corrected chi connectivity index (χ3v) is 6.38. The molecule has 170 valence electrons. The van der Waals surface area contributed by atoms with Gasteiger partial charge in [-0.25, -0.2) is 5.48 Å². The second-order valence-electron chi connectivity index (χ2n) is 8.96. The molecule has 0 fully saturated rings. The topological polar surface area (TPSA) is 86.6 Å². The summed E-state index contributed by atoms with van der Waals surface area (Å²) in [6.45, 7) is 4.15. The molecule has 0 aromatic rings. The summed E-state index contributed by atoms with van der Waals surface area (Å²) in [6.07, 6.45) is 16.1. The molecule has 28 heavy (non-hydrogen) atoms. The van der Waals surface area contributed by atoms with Gasteiger partial charge in [-0.05, 0) is 32.1 Å². The highest BCUT2D eigenvalue weighted by Gasteiger charge is 2.16. The van der Waals surface area contributed by atoms with Crippen molar-refractivity contribution in [1.82, 2.24) is 5.48 Å². The minimum absolute atomic E-state index is 0.151. The first-order valence-corrected chi connectivity index (χ1v) is 13.0. The number of hydrogen-bond acceptors (Lipinski definition) is 4. The van der Waals surface area contributed by atoms with Crippen molar-refractivity contribution in [2.24, 2.45) is 0 Å². The van der Waals surface area contributed by atoms with Crippen LogP contribution in [0.2, 0.25) is 0 Å². The lowest BCUT2D eigenvalue weighted by atomic mass is 10.0. The van der Waals surface area contributed by atoms with Crippen LogP contribution in [0, 0.1) is 0 Å². The summed E-state index contributed by atoms with van der Waals surface area (Å²) in [5.41, 5.74) is 2.48. The Kier molecular flexibility index (Phi) is 16.4. The maximum atomic E-state index is 10.8. The van der Waals surface area contributed by atoms with E-state index in [9.17, 15) is 13.6 Å². The predicted molar refractivity (Wildman–Crippen MR) is 117 cm³/mol. The number of nitrogens with zero attached hydrogens (tertiary/aromatic N) is 1. The molecule has 0 radical (unpaired) electrons. The van der Waals surface area contributed by atoms with Gasteiger partial charge in [0.25, 0.3) is 10.1 Å². The van der Waals surface area contributed by atoms with Gasteiger partial charge in [-0.1, -0.05) is 64.7 Å². The predicted octanol–water partition coefficient (Wildman–Crippen LogP) is 4.78. The van der Waals surface area contributed by atoms with Crippen molar-refractivity contribution in [3.63, 3.8) is 0 Å². The molecule has 0 heterocycles. The number of quaternary nitrogens is 1. The summed E-state index contributed by atoms with van der Waals surface area (Å²) < 4.78 is 31.1. The van der Waals surface area contributed by atoms with Crippen molar-refractivity contribution in [2.75, 3.05) is 32.9 Å². The van der Waals surface area contributed by atoms with E-state index in [0.29, 0.717) is 6.42 Å². The van der Waals surface area contributed by atoms with Crippen molar-refractivity contribution in [2.45, 2.75) is 103 Å². The zero-order valence-electron chi connectivity index (χ0n) is 18.7. The Bertz CT molecular complexity index is 455. The molecular weight excluding hydrogens is 376 g/mol. The molecule has 0 saturated carbocycles. The Morgan fingerprint density at radius 2 is 1.29 bits per heavy atom. The number of hydroxylamine groups is 1. The Balaban J connectivity index is 3.72. The molecule has 0 bridgehead atoms. The van der Waals surface area contributed by atoms with Crippen molar-refractivity contribution in [1.29, 1.82) is 0 Å². The van der Waals surface area contributed by atoms with Crippen LogP contribution in [0.25, 0.3) is 0 Å². The molecule has 0 saturated heterocycles. The van der Waals surface area contributed by atoms with Crippen LogP contribution in [0.5, 0.6) is 0 Å². The molecule has 6 nitrogen and oxygen atoms in total. The molecule has 0 amide bonds. The molecule has 0 aromatic heterocycles. The Morgan fingerprint density at radius 3 is 1.82 bits per heavy atom. The molecule has 7 heteroatoms. The van der Waals surface area contributed by atoms with E-state index in [1.807, 2.05) is 0 Å². The zero-order chi connectivity index (χ0) is 21.3. The smallest absolute Gasteiger partial charge is 0.264 e. The van der Waals surface area contributed by atoms with Gasteiger partial charge in [0.2, 0.25) is 0 Å². The highest BCUT2D eigenvalue weighted by molar-refractivity contribution is 7.85. The van der Waals surface area contributed by atoms with Gasteiger partial charge < -0.3 is 9.69 Å². The van der Waals surface area contributed by atoms with E-state index in [1.165, 1.54) is 57.8 Å². The summed E-state index contributed by atoms with van der Waals surface area (Å²) in [5.74, 6) is -0.151. The van der Waals surface area contributed by atoms with Gasteiger partial charge in [-0.2, -0.15) is 8.42 Å². The molecule has 0 spiro atoms. The first kappa shape index (κ1) is 27.8. The van der Waals surface area contributed by atoms with Crippen LogP contribution in [-0.4, -0.2) is 61.6 Å². The number of hydrogen-bond donors (Lipinski definition) is 3. The normalized spacial score (nSPS) is 13.8. The van der Waals surface area contributed by atoms with Crippen molar-refractivity contribution < 1.29 is 22.7 Å². The Morgan fingerprint density at radius 1 is 0.786 bits per heavy atom. The lowest BCUT2D eigenvalue weighted by Gasteiger charge is -2.30. The molecule has 0 aliphatic rings. The molecule has 0 aromatic carbocycles. The first-order valence-electron chi connectivity index (χ1n) is 11.4. The Labute approximate surface area is 174 Å². The summed E-state index contributed by atoms with van der Waals surface area (Å²) in [6, 6.07) is 0.170. The fourth-order valence-corrected chi connectivity index (χ4v) is 4.25. The third kappa shape index (κ3) is 19.1. The van der Waals surface area contributed by atoms with E-state index in [0.717, 1.165) is 43.3 Å². The van der Waals surface area contributed by atoms with Gasteiger partial charge in [-0.15, -0.1) is 0 Å². The standard InChI is InChI=1S/C21H46N2O4S/c1-4-5-6-7-8-9-10-11-12-16-21(22-24)17-15-19-23(2,3)18-13-14-20-28(25,26)27/h21-22,24H,4-20H2,1-3H3/p+1. The summed E-state index contributed by atoms with van der Waals surface area (Å²) in [4.78, 5) is 0. The van der Waals surface area contributed by atoms with Crippen LogP contribution in [0.1, 0.15) is 96.8 Å². The average Bonchev–Trinajstić information content (AvgIpc) is 2.61. The number of rotatable bonds is 20. The lowest BCUT2D eigenvalue weighted by Crippen LogP contribution is -2.42. The van der Waals surface area contributed by atoms with Gasteiger partial charge in [0.05, 0.1) is 32.9 Å². The van der Waals surface area contributed by atoms with Crippen LogP contribution in [-0.2, 0) is 10.1 Å². The molecule has 3 N–H and O–H groups in total. The second kappa shape index (κ2) is 16.6. The average molecular weight is 424 g/mol. The SMILES string of the molecule is CCCCCCCCCCCC(CCC[N+](C)(C)CCCCS(=O)(=O)O)NO. The zero-order valence-corrected chi connectivity index (χ0v) is 19.5. The van der Waals surface area contributed by atoms with E-state index in [2.05, 4.69) is 26.5 Å². The maximum absolute atomic E-state index is 10.8. The van der Waals surface area contributed by atoms with Gasteiger partial charge in [0, 0.05) is 6.04 Å². The van der Waals surface area contributed by atoms with Gasteiger partial charge in [0.1, 0.15) is 0 Å². The van der Waals surface area contributed by atoms with E-state index in [-0.39, 0.29) is 11.8 Å². The van der Waals surface area contributed by atoms with Crippen molar-refractivity contribution in [3.05, 3.63) is 0 Å². The fourth-order valence-electron chi connectivity index (χ4n) is 3.68. The highest BCUT2D eigenvalue weighted by atomic mass is 32.2. The van der Waals surface area contributed by atoms with E-state index < -0.39 is 10.1 Å². The molecule has 1 unspecified atom stereocenters. The van der Waals surface area contributed by atoms with Gasteiger partial charge >= 0.3 is 0 Å². The first-order chi connectivity index (χ1) is 13.2. The van der Waals surface area contributed by atoms with Crippen LogP contribution >= 0.6 is 0 Å². The van der Waals surface area contributed by atoms with Crippen molar-refractivity contribution >= 4 is 10.1 Å². The lowest BCUT2D eigenvalue weighted by molar-refractivity contribution is -0.890. The molecular formula is C21H47N2O4S+. The van der Waals surface area contributed by atoms with Crippen LogP contribution in [0.4, 0.5) is 0 Å². The van der Waals surface area contributed by atoms with E-state index in [1.54, 1.807) is 0 Å². The van der Waals surface area contributed by atoms with E-state index in [4.69, 9.17) is 4.55 Å². The molecule has 0 aliphatic heterocycles. The second-order valence-corrected chi connectivity index (χ2v) is 10.5. The summed E-state index contributed by atoms with van der Waals surface area (Å²) in [7, 11) is 0.459. The van der Waals surface area contributed by atoms with Crippen LogP contribution < -0.4 is 5.48 Å². The van der Waals surface area contributed by atoms with Crippen LogP contribution in [0.15, 0.2) is 0 Å². The van der Waals surface area contributed by atoms with Crippen molar-refractivity contribution in [3.8, 4) is 0 Å². The summed E-state index contributed by atoms with van der Waals surface area (Å²) >= 11 is 0. The minimum Gasteiger partial charge on any atom is -0.328 e. The highest BCUT2D eigenvalue weighted by Crippen LogP contribution is 2.14. The minimum atomic E-state index is -3.84. The monoisotopic (exact) mass is 423 g/mol. The van der Waals surface area contributed by atoms with Gasteiger partial charge in [-0.3, -0.25) is 4.55 Å². The van der Waals surface area contributed by atoms with Crippen LogP contribution in [0.3, 0.4) is 0 Å². The quantitative estimate of drug-likeness (QED) is 0.114. The maximum Gasteiger partial charge on any atom is 0.264 e. The number of unbranched alkanes of at least 4 members (excludes halogenated alkanes) is 9. The third-order valence-electron chi connectivity index (χ3n) is 5.57. The van der Waals surface area contributed by atoms with E-state index >= 15 is 0 Å². The molecule has 1 atom stereocenters. The summed E-state index contributed by atoms with van der Waals surface area (Å²) in [5, 5.41) is 9.39. The molecule has 0 rings (SSSR count). The Hall–Kier alpha value is -0.210. The fraction of sp³-hybridized carbons (Fsp3) is 1.00. The van der Waals surface area contributed by atoms with Gasteiger partial charge in [0.15, 0.2) is 0 Å². The number of nitrogens with one attached hydrogen (secondary N) is 1. The molecule has 0 aliphatic carbocycles.